The van der Waals surface area contributed by atoms with E-state index in [9.17, 15) is 19.0 Å². The number of carbonyl (C=O) groups is 2. The van der Waals surface area contributed by atoms with Crippen molar-refractivity contribution in [3.63, 3.8) is 0 Å². The highest BCUT2D eigenvalue weighted by molar-refractivity contribution is 7.45. The molecular formula is C58H104NO8P. The van der Waals surface area contributed by atoms with Crippen LogP contribution in [0.15, 0.2) is 72.9 Å². The molecule has 0 aromatic carbocycles. The molecule has 0 aliphatic carbocycles. The number of carbonyl (C=O) groups excluding carboxylic acids is 2. The number of quaternary nitrogens is 1. The second-order valence-electron chi connectivity index (χ2n) is 19.6. The van der Waals surface area contributed by atoms with Crippen molar-refractivity contribution < 1.29 is 42.1 Å². The molecule has 0 saturated heterocycles. The van der Waals surface area contributed by atoms with Crippen LogP contribution in [-0.4, -0.2) is 70.0 Å². The molecule has 0 fully saturated rings. The lowest BCUT2D eigenvalue weighted by molar-refractivity contribution is -0.870. The highest BCUT2D eigenvalue weighted by Crippen LogP contribution is 2.38. The molecule has 0 heterocycles. The standard InChI is InChI=1S/C58H104NO8P/c1-6-8-10-12-14-16-18-20-22-24-26-27-28-29-30-31-33-34-36-38-40-42-44-46-48-50-57(60)64-54-56(55-66-68(62,63)65-53-52-59(3,4)5)67-58(61)51-49-47-45-43-41-39-37-35-32-25-23-21-19-17-15-13-11-9-7-2/h9,11,15,17-18,20-21,23-24,26,32,35,56H,6-8,10,12-14,16,19,22,25,27-31,33-34,36-55H2,1-5H3/b11-9-,17-15-,20-18-,23-21-,26-24-,35-32-. The van der Waals surface area contributed by atoms with Crippen molar-refractivity contribution in [2.75, 3.05) is 47.5 Å². The molecule has 9 nitrogen and oxygen atoms in total. The number of phosphoric acid groups is 1. The molecule has 2 unspecified atom stereocenters. The van der Waals surface area contributed by atoms with Crippen LogP contribution in [0.25, 0.3) is 0 Å². The van der Waals surface area contributed by atoms with E-state index in [-0.39, 0.29) is 32.0 Å². The summed E-state index contributed by atoms with van der Waals surface area (Å²) in [6.45, 7) is 4.10. The first-order valence-electron chi connectivity index (χ1n) is 27.6. The molecule has 0 N–H and O–H groups in total. The van der Waals surface area contributed by atoms with Gasteiger partial charge in [0.25, 0.3) is 7.82 Å². The quantitative estimate of drug-likeness (QED) is 0.0195. The number of likely N-dealkylation sites (N-methyl/N-ethyl adjacent to an activating group) is 1. The molecule has 0 saturated carbocycles. The third kappa shape index (κ3) is 52.8. The summed E-state index contributed by atoms with van der Waals surface area (Å²) in [6.07, 6.45) is 63.7. The average Bonchev–Trinajstić information content (AvgIpc) is 3.30. The Balaban J connectivity index is 4.20. The molecule has 0 radical (unpaired) electrons. The first-order chi connectivity index (χ1) is 33.0. The lowest BCUT2D eigenvalue weighted by atomic mass is 10.0. The number of esters is 2. The van der Waals surface area contributed by atoms with Crippen molar-refractivity contribution in [1.82, 2.24) is 0 Å². The van der Waals surface area contributed by atoms with E-state index < -0.39 is 26.5 Å². The second kappa shape index (κ2) is 49.4. The van der Waals surface area contributed by atoms with Gasteiger partial charge in [-0.1, -0.05) is 209 Å². The fraction of sp³-hybridized carbons (Fsp3) is 0.759. The van der Waals surface area contributed by atoms with E-state index in [4.69, 9.17) is 18.5 Å². The van der Waals surface area contributed by atoms with Crippen molar-refractivity contribution in [2.24, 2.45) is 0 Å². The van der Waals surface area contributed by atoms with E-state index in [0.29, 0.717) is 17.4 Å². The topological polar surface area (TPSA) is 111 Å². The predicted octanol–water partition coefficient (Wildman–Crippen LogP) is 16.3. The van der Waals surface area contributed by atoms with Gasteiger partial charge >= 0.3 is 11.9 Å². The van der Waals surface area contributed by atoms with Crippen LogP contribution in [0.5, 0.6) is 0 Å². The van der Waals surface area contributed by atoms with Crippen LogP contribution in [-0.2, 0) is 32.7 Å². The molecule has 0 amide bonds. The van der Waals surface area contributed by atoms with Crippen LogP contribution in [0.3, 0.4) is 0 Å². The molecule has 0 aromatic rings. The van der Waals surface area contributed by atoms with Gasteiger partial charge in [-0.25, -0.2) is 0 Å². The summed E-state index contributed by atoms with van der Waals surface area (Å²) in [5, 5.41) is 0. The zero-order valence-corrected chi connectivity index (χ0v) is 45.4. The maximum absolute atomic E-state index is 12.8. The zero-order chi connectivity index (χ0) is 49.9. The van der Waals surface area contributed by atoms with Crippen LogP contribution in [0.2, 0.25) is 0 Å². The van der Waals surface area contributed by atoms with Gasteiger partial charge in [0.05, 0.1) is 27.7 Å². The number of phosphoric ester groups is 1. The van der Waals surface area contributed by atoms with E-state index in [0.717, 1.165) is 89.9 Å². The van der Waals surface area contributed by atoms with Gasteiger partial charge in [0, 0.05) is 12.8 Å². The van der Waals surface area contributed by atoms with Crippen LogP contribution in [0.4, 0.5) is 0 Å². The van der Waals surface area contributed by atoms with Gasteiger partial charge in [-0.2, -0.15) is 0 Å². The Morgan fingerprint density at radius 3 is 1.25 bits per heavy atom. The SMILES string of the molecule is CC/C=C\C/C=C\C/C=C\C/C=C\CCCCCCCCC(=O)OC(COC(=O)CCCCCCCCCCCCCCC/C=C\C/C=C\CCCCCCC)COP(=O)([O-])OCC[N+](C)(C)C. The third-order valence-electron chi connectivity index (χ3n) is 11.7. The van der Waals surface area contributed by atoms with E-state index in [1.54, 1.807) is 0 Å². The number of ether oxygens (including phenoxy) is 2. The highest BCUT2D eigenvalue weighted by Gasteiger charge is 2.21. The van der Waals surface area contributed by atoms with Crippen molar-refractivity contribution in [1.29, 1.82) is 0 Å². The molecule has 0 spiro atoms. The number of nitrogens with zero attached hydrogens (tertiary/aromatic N) is 1. The van der Waals surface area contributed by atoms with E-state index in [1.165, 1.54) is 109 Å². The van der Waals surface area contributed by atoms with Gasteiger partial charge in [0.1, 0.15) is 19.8 Å². The number of rotatable bonds is 50. The largest absolute Gasteiger partial charge is 0.756 e. The minimum absolute atomic E-state index is 0.0367. The van der Waals surface area contributed by atoms with Crippen LogP contribution in [0, 0.1) is 0 Å². The van der Waals surface area contributed by atoms with Crippen LogP contribution in [0.1, 0.15) is 232 Å². The molecular weight excluding hydrogens is 870 g/mol. The van der Waals surface area contributed by atoms with Gasteiger partial charge in [0.15, 0.2) is 6.10 Å². The summed E-state index contributed by atoms with van der Waals surface area (Å²) in [6, 6.07) is 0. The molecule has 0 aliphatic rings. The van der Waals surface area contributed by atoms with Crippen LogP contribution < -0.4 is 4.89 Å². The summed E-state index contributed by atoms with van der Waals surface area (Å²) in [4.78, 5) is 37.8. The lowest BCUT2D eigenvalue weighted by Crippen LogP contribution is -2.37. The monoisotopic (exact) mass is 974 g/mol. The molecule has 0 aliphatic heterocycles. The summed E-state index contributed by atoms with van der Waals surface area (Å²) in [5.41, 5.74) is 0. The number of allylic oxidation sites excluding steroid dienone is 12. The highest BCUT2D eigenvalue weighted by atomic mass is 31.2. The normalized spacial score (nSPS) is 13.9. The van der Waals surface area contributed by atoms with E-state index in [2.05, 4.69) is 86.8 Å². The molecule has 0 rings (SSSR count). The van der Waals surface area contributed by atoms with Gasteiger partial charge in [0.2, 0.25) is 0 Å². The minimum atomic E-state index is -4.64. The van der Waals surface area contributed by atoms with E-state index in [1.807, 2.05) is 21.1 Å². The van der Waals surface area contributed by atoms with Gasteiger partial charge in [-0.3, -0.25) is 14.2 Å². The molecule has 68 heavy (non-hydrogen) atoms. The lowest BCUT2D eigenvalue weighted by Gasteiger charge is -2.28. The average molecular weight is 974 g/mol. The number of hydrogen-bond acceptors (Lipinski definition) is 8. The van der Waals surface area contributed by atoms with Gasteiger partial charge < -0.3 is 27.9 Å². The Morgan fingerprint density at radius 1 is 0.471 bits per heavy atom. The molecule has 10 heteroatoms. The minimum Gasteiger partial charge on any atom is -0.756 e. The summed E-state index contributed by atoms with van der Waals surface area (Å²) in [5.74, 6) is -0.849. The first kappa shape index (κ1) is 65.5. The first-order valence-corrected chi connectivity index (χ1v) is 29.1. The summed E-state index contributed by atoms with van der Waals surface area (Å²) >= 11 is 0. The molecule has 0 aromatic heterocycles. The Morgan fingerprint density at radius 2 is 0.838 bits per heavy atom. The van der Waals surface area contributed by atoms with Crippen molar-refractivity contribution in [3.05, 3.63) is 72.9 Å². The van der Waals surface area contributed by atoms with E-state index >= 15 is 0 Å². The Bertz CT molecular complexity index is 1380. The molecule has 394 valence electrons. The zero-order valence-electron chi connectivity index (χ0n) is 44.5. The number of hydrogen-bond donors (Lipinski definition) is 0. The maximum Gasteiger partial charge on any atom is 0.306 e. The van der Waals surface area contributed by atoms with Crippen molar-refractivity contribution >= 4 is 19.8 Å². The smallest absolute Gasteiger partial charge is 0.306 e. The molecule has 2 atom stereocenters. The summed E-state index contributed by atoms with van der Waals surface area (Å²) in [7, 11) is 1.15. The molecule has 0 bridgehead atoms. The fourth-order valence-electron chi connectivity index (χ4n) is 7.44. The predicted molar refractivity (Wildman–Crippen MR) is 286 cm³/mol. The maximum atomic E-state index is 12.8. The van der Waals surface area contributed by atoms with Crippen molar-refractivity contribution in [2.45, 2.75) is 238 Å². The van der Waals surface area contributed by atoms with Gasteiger partial charge in [-0.05, 0) is 83.5 Å². The third-order valence-corrected chi connectivity index (χ3v) is 12.7. The Labute approximate surface area is 418 Å². The number of unbranched alkanes of at least 4 members (excludes halogenated alkanes) is 24. The Kier molecular flexibility index (Phi) is 47.6. The Hall–Kier alpha value is -2.55. The van der Waals surface area contributed by atoms with Gasteiger partial charge in [-0.15, -0.1) is 0 Å². The second-order valence-corrected chi connectivity index (χ2v) is 21.0. The summed E-state index contributed by atoms with van der Waals surface area (Å²) < 4.78 is 34.1. The van der Waals surface area contributed by atoms with Crippen molar-refractivity contribution in [3.8, 4) is 0 Å². The van der Waals surface area contributed by atoms with Crippen LogP contribution >= 0.6 is 7.82 Å². The fourth-order valence-corrected chi connectivity index (χ4v) is 8.17.